The number of amides is 1. The van der Waals surface area contributed by atoms with E-state index < -0.39 is 6.10 Å². The zero-order chi connectivity index (χ0) is 14.9. The fourth-order valence-electron chi connectivity index (χ4n) is 3.78. The number of hydrogen-bond donors (Lipinski definition) is 1. The monoisotopic (exact) mass is 302 g/mol. The Hall–Kier alpha value is -1.75. The molecule has 0 aromatic heterocycles. The van der Waals surface area contributed by atoms with Crippen molar-refractivity contribution in [1.29, 1.82) is 0 Å². The molecule has 3 aliphatic rings. The second-order valence-electron chi connectivity index (χ2n) is 6.45. The van der Waals surface area contributed by atoms with Crippen LogP contribution in [0.3, 0.4) is 0 Å². The Kier molecular flexibility index (Phi) is 3.66. The fraction of sp³-hybridized carbons (Fsp3) is 0.588. The third kappa shape index (κ3) is 2.54. The van der Waals surface area contributed by atoms with Crippen molar-refractivity contribution in [3.8, 4) is 11.5 Å². The first-order chi connectivity index (χ1) is 10.8. The molecule has 1 aromatic carbocycles. The van der Waals surface area contributed by atoms with Crippen molar-refractivity contribution in [3.63, 3.8) is 0 Å². The van der Waals surface area contributed by atoms with Crippen LogP contribution in [0.15, 0.2) is 24.3 Å². The Labute approximate surface area is 130 Å². The number of fused-ring (bicyclic) bond motifs is 2. The van der Waals surface area contributed by atoms with Gasteiger partial charge in [-0.3, -0.25) is 4.79 Å². The number of likely N-dealkylation sites (tertiary alicyclic amines) is 1. The van der Waals surface area contributed by atoms with Crippen LogP contribution >= 0.6 is 0 Å². The summed E-state index contributed by atoms with van der Waals surface area (Å²) in [6.45, 7) is 4.18. The molecule has 5 heteroatoms. The van der Waals surface area contributed by atoms with Crippen molar-refractivity contribution in [1.82, 2.24) is 10.2 Å². The molecular weight excluding hydrogens is 280 g/mol. The van der Waals surface area contributed by atoms with Crippen molar-refractivity contribution in [2.24, 2.45) is 11.8 Å². The molecule has 0 spiro atoms. The molecule has 1 unspecified atom stereocenters. The van der Waals surface area contributed by atoms with E-state index in [0.717, 1.165) is 56.6 Å². The lowest BCUT2D eigenvalue weighted by atomic mass is 9.92. The third-order valence-corrected chi connectivity index (χ3v) is 5.12. The van der Waals surface area contributed by atoms with Crippen molar-refractivity contribution in [3.05, 3.63) is 24.3 Å². The highest BCUT2D eigenvalue weighted by molar-refractivity contribution is 5.82. The molecule has 0 aliphatic carbocycles. The Morgan fingerprint density at radius 3 is 2.50 bits per heavy atom. The zero-order valence-electron chi connectivity index (χ0n) is 12.7. The molecule has 3 aliphatic heterocycles. The van der Waals surface area contributed by atoms with Gasteiger partial charge in [0.2, 0.25) is 6.10 Å². The van der Waals surface area contributed by atoms with E-state index in [1.807, 2.05) is 29.2 Å². The van der Waals surface area contributed by atoms with Crippen LogP contribution in [-0.2, 0) is 4.79 Å². The molecule has 4 rings (SSSR count). The summed E-state index contributed by atoms with van der Waals surface area (Å²) in [5, 5.41) is 3.46. The number of para-hydroxylation sites is 2. The van der Waals surface area contributed by atoms with Crippen LogP contribution < -0.4 is 14.8 Å². The molecule has 22 heavy (non-hydrogen) atoms. The number of benzene rings is 1. The molecule has 2 saturated heterocycles. The first kappa shape index (κ1) is 13.9. The third-order valence-electron chi connectivity index (χ3n) is 5.12. The van der Waals surface area contributed by atoms with Gasteiger partial charge in [-0.05, 0) is 49.9 Å². The molecule has 5 nitrogen and oxygen atoms in total. The molecule has 1 aromatic rings. The van der Waals surface area contributed by atoms with Crippen LogP contribution in [0.25, 0.3) is 0 Å². The van der Waals surface area contributed by atoms with Crippen molar-refractivity contribution in [2.75, 3.05) is 32.8 Å². The minimum Gasteiger partial charge on any atom is -0.485 e. The maximum Gasteiger partial charge on any atom is 0.267 e. The number of nitrogens with zero attached hydrogens (tertiary/aromatic N) is 1. The largest absolute Gasteiger partial charge is 0.485 e. The molecule has 3 heterocycles. The topological polar surface area (TPSA) is 50.8 Å². The zero-order valence-corrected chi connectivity index (χ0v) is 12.7. The SMILES string of the molecule is O=C(C1COc2ccccc2O1)N1CC[C@@H]2CNC[C@@H]2CC1. The van der Waals surface area contributed by atoms with E-state index in [4.69, 9.17) is 9.47 Å². The van der Waals surface area contributed by atoms with Crippen LogP contribution in [0.1, 0.15) is 12.8 Å². The number of ether oxygens (including phenoxy) is 2. The van der Waals surface area contributed by atoms with Gasteiger partial charge in [-0.1, -0.05) is 12.1 Å². The van der Waals surface area contributed by atoms with Gasteiger partial charge in [0.15, 0.2) is 11.5 Å². The number of nitrogens with one attached hydrogen (secondary N) is 1. The maximum absolute atomic E-state index is 12.7. The second-order valence-corrected chi connectivity index (χ2v) is 6.45. The van der Waals surface area contributed by atoms with Crippen molar-refractivity contribution in [2.45, 2.75) is 18.9 Å². The Morgan fingerprint density at radius 1 is 1.09 bits per heavy atom. The highest BCUT2D eigenvalue weighted by Gasteiger charge is 2.35. The second kappa shape index (κ2) is 5.80. The highest BCUT2D eigenvalue weighted by Crippen LogP contribution is 2.32. The van der Waals surface area contributed by atoms with E-state index in [-0.39, 0.29) is 5.91 Å². The summed E-state index contributed by atoms with van der Waals surface area (Å²) in [6, 6.07) is 7.53. The standard InChI is InChI=1S/C17H22N2O3/c20-17(16-11-21-14-3-1-2-4-15(14)22-16)19-7-5-12-9-18-10-13(12)6-8-19/h1-4,12-13,16,18H,5-11H2/t12-,13+,16?. The summed E-state index contributed by atoms with van der Waals surface area (Å²) in [5.74, 6) is 2.91. The lowest BCUT2D eigenvalue weighted by molar-refractivity contribution is -0.141. The first-order valence-electron chi connectivity index (χ1n) is 8.19. The summed E-state index contributed by atoms with van der Waals surface area (Å²) < 4.78 is 11.5. The van der Waals surface area contributed by atoms with Gasteiger partial charge in [-0.2, -0.15) is 0 Å². The number of rotatable bonds is 1. The molecule has 0 radical (unpaired) electrons. The smallest absolute Gasteiger partial charge is 0.267 e. The minimum absolute atomic E-state index is 0.0717. The molecule has 1 amide bonds. The van der Waals surface area contributed by atoms with Crippen molar-refractivity contribution < 1.29 is 14.3 Å². The molecular formula is C17H22N2O3. The molecule has 118 valence electrons. The van der Waals surface area contributed by atoms with E-state index in [1.165, 1.54) is 0 Å². The van der Waals surface area contributed by atoms with E-state index in [2.05, 4.69) is 5.32 Å². The Bertz CT molecular complexity index is 549. The van der Waals surface area contributed by atoms with Gasteiger partial charge in [-0.15, -0.1) is 0 Å². The average Bonchev–Trinajstić information content (AvgIpc) is 2.92. The first-order valence-corrected chi connectivity index (χ1v) is 8.19. The van der Waals surface area contributed by atoms with Crippen LogP contribution in [0, 0.1) is 11.8 Å². The summed E-state index contributed by atoms with van der Waals surface area (Å²) in [6.07, 6.45) is 1.67. The van der Waals surface area contributed by atoms with Gasteiger partial charge >= 0.3 is 0 Å². The summed E-state index contributed by atoms with van der Waals surface area (Å²) in [4.78, 5) is 14.7. The summed E-state index contributed by atoms with van der Waals surface area (Å²) >= 11 is 0. The predicted octanol–water partition coefficient (Wildman–Crippen LogP) is 1.28. The Balaban J connectivity index is 1.42. The van der Waals surface area contributed by atoms with Crippen LogP contribution in [0.2, 0.25) is 0 Å². The lowest BCUT2D eigenvalue weighted by Crippen LogP contribution is -2.46. The van der Waals surface area contributed by atoms with Gasteiger partial charge in [-0.25, -0.2) is 0 Å². The highest BCUT2D eigenvalue weighted by atomic mass is 16.6. The number of carbonyl (C=O) groups is 1. The van der Waals surface area contributed by atoms with Gasteiger partial charge in [0.1, 0.15) is 6.61 Å². The van der Waals surface area contributed by atoms with Gasteiger partial charge in [0.05, 0.1) is 0 Å². The molecule has 3 atom stereocenters. The Morgan fingerprint density at radius 2 is 1.77 bits per heavy atom. The van der Waals surface area contributed by atoms with Crippen molar-refractivity contribution >= 4 is 5.91 Å². The average molecular weight is 302 g/mol. The van der Waals surface area contributed by atoms with Crippen LogP contribution in [0.4, 0.5) is 0 Å². The lowest BCUT2D eigenvalue weighted by Gasteiger charge is -2.30. The van der Waals surface area contributed by atoms with Gasteiger partial charge < -0.3 is 19.7 Å². The summed E-state index contributed by atoms with van der Waals surface area (Å²) in [5.41, 5.74) is 0. The van der Waals surface area contributed by atoms with Gasteiger partial charge in [0, 0.05) is 13.1 Å². The number of carbonyl (C=O) groups excluding carboxylic acids is 1. The maximum atomic E-state index is 12.7. The quantitative estimate of drug-likeness (QED) is 0.849. The molecule has 0 saturated carbocycles. The molecule has 2 fully saturated rings. The van der Waals surface area contributed by atoms with E-state index >= 15 is 0 Å². The molecule has 0 bridgehead atoms. The van der Waals surface area contributed by atoms with Gasteiger partial charge in [0.25, 0.3) is 5.91 Å². The van der Waals surface area contributed by atoms with Crippen LogP contribution in [-0.4, -0.2) is 49.7 Å². The fourth-order valence-corrected chi connectivity index (χ4v) is 3.78. The predicted molar refractivity (Wildman–Crippen MR) is 82.0 cm³/mol. The normalized spacial score (nSPS) is 30.5. The molecule has 1 N–H and O–H groups in total. The van der Waals surface area contributed by atoms with E-state index in [9.17, 15) is 4.79 Å². The minimum atomic E-state index is -0.508. The number of hydrogen-bond acceptors (Lipinski definition) is 4. The summed E-state index contributed by atoms with van der Waals surface area (Å²) in [7, 11) is 0. The van der Waals surface area contributed by atoms with Crippen LogP contribution in [0.5, 0.6) is 11.5 Å². The van der Waals surface area contributed by atoms with E-state index in [0.29, 0.717) is 12.4 Å². The van der Waals surface area contributed by atoms with E-state index in [1.54, 1.807) is 0 Å².